The van der Waals surface area contributed by atoms with E-state index in [0.717, 1.165) is 32.1 Å². The highest BCUT2D eigenvalue weighted by atomic mass is 16.6. The summed E-state index contributed by atoms with van der Waals surface area (Å²) in [5.74, 6) is -2.02. The first-order chi connectivity index (χ1) is 20.9. The second kappa shape index (κ2) is 15.3. The predicted octanol–water partition coefficient (Wildman–Crippen LogP) is 2.96. The van der Waals surface area contributed by atoms with Crippen molar-refractivity contribution < 1.29 is 38.6 Å². The lowest BCUT2D eigenvalue weighted by Crippen LogP contribution is -2.45. The second-order valence-corrected chi connectivity index (χ2v) is 10.8. The van der Waals surface area contributed by atoms with Crippen molar-refractivity contribution in [2.24, 2.45) is 4.99 Å². The van der Waals surface area contributed by atoms with Crippen LogP contribution in [0.2, 0.25) is 0 Å². The second-order valence-electron chi connectivity index (χ2n) is 10.8. The third kappa shape index (κ3) is 9.68. The zero-order chi connectivity index (χ0) is 32.3. The number of aliphatic imine (C=N–C) groups is 1. The number of alkyl carbamates (subject to hydrolysis) is 2. The molecule has 0 spiro atoms. The Bertz CT molecular complexity index is 1390. The van der Waals surface area contributed by atoms with Crippen LogP contribution in [0.5, 0.6) is 0 Å². The van der Waals surface area contributed by atoms with E-state index in [9.17, 15) is 29.1 Å². The molecule has 3 N–H and O–H groups in total. The molecule has 44 heavy (non-hydrogen) atoms. The number of fused-ring (bicyclic) bond motifs is 3. The van der Waals surface area contributed by atoms with Gasteiger partial charge in [-0.2, -0.15) is 0 Å². The van der Waals surface area contributed by atoms with Crippen LogP contribution in [-0.2, 0) is 23.9 Å². The Balaban J connectivity index is 1.52. The summed E-state index contributed by atoms with van der Waals surface area (Å²) >= 11 is 0. The van der Waals surface area contributed by atoms with E-state index in [1.807, 2.05) is 48.5 Å². The zero-order valence-corrected chi connectivity index (χ0v) is 25.1. The lowest BCUT2D eigenvalue weighted by molar-refractivity contribution is -0.145. The van der Waals surface area contributed by atoms with Crippen LogP contribution < -0.4 is 10.6 Å². The maximum absolute atomic E-state index is 12.9. The minimum atomic E-state index is -1.27. The van der Waals surface area contributed by atoms with Crippen LogP contribution in [0.15, 0.2) is 65.8 Å². The van der Waals surface area contributed by atoms with Crippen molar-refractivity contribution >= 4 is 36.3 Å². The number of hydrogen-bond acceptors (Lipinski definition) is 8. The Morgan fingerprint density at radius 1 is 0.977 bits per heavy atom. The maximum atomic E-state index is 12.9. The van der Waals surface area contributed by atoms with Crippen LogP contribution in [0.4, 0.5) is 9.59 Å². The highest BCUT2D eigenvalue weighted by Gasteiger charge is 2.29. The smallest absolute Gasteiger partial charge is 0.413 e. The number of benzene rings is 2. The van der Waals surface area contributed by atoms with Gasteiger partial charge in [0, 0.05) is 32.3 Å². The molecule has 0 fully saturated rings. The number of ether oxygens (including phenoxy) is 2. The molecule has 1 aliphatic carbocycles. The molecule has 0 atom stereocenters. The topological polar surface area (TPSA) is 167 Å². The van der Waals surface area contributed by atoms with Gasteiger partial charge in [-0.15, -0.1) is 0 Å². The molecule has 3 rings (SSSR count). The molecule has 13 nitrogen and oxygen atoms in total. The number of carboxylic acids is 1. The van der Waals surface area contributed by atoms with Gasteiger partial charge >= 0.3 is 18.2 Å². The molecular formula is C31H37N5O8. The van der Waals surface area contributed by atoms with E-state index in [2.05, 4.69) is 15.6 Å². The summed E-state index contributed by atoms with van der Waals surface area (Å²) in [7, 11) is 1.41. The van der Waals surface area contributed by atoms with E-state index in [4.69, 9.17) is 9.47 Å². The van der Waals surface area contributed by atoms with Crippen molar-refractivity contribution in [1.29, 1.82) is 0 Å². The van der Waals surface area contributed by atoms with Gasteiger partial charge in [-0.25, -0.2) is 9.59 Å². The summed E-state index contributed by atoms with van der Waals surface area (Å²) in [4.78, 5) is 66.2. The van der Waals surface area contributed by atoms with Gasteiger partial charge in [-0.1, -0.05) is 48.5 Å². The number of carbonyl (C=O) groups is 5. The van der Waals surface area contributed by atoms with Gasteiger partial charge in [0.1, 0.15) is 31.1 Å². The average Bonchev–Trinajstić information content (AvgIpc) is 3.29. The number of carboxylic acid groups (broad SMARTS) is 1. The summed E-state index contributed by atoms with van der Waals surface area (Å²) in [6.45, 7) is 3.81. The predicted molar refractivity (Wildman–Crippen MR) is 162 cm³/mol. The van der Waals surface area contributed by atoms with E-state index in [0.29, 0.717) is 6.41 Å². The Morgan fingerprint density at radius 3 is 2.14 bits per heavy atom. The van der Waals surface area contributed by atoms with Crippen LogP contribution in [0, 0.1) is 0 Å². The van der Waals surface area contributed by atoms with Crippen molar-refractivity contribution in [3.05, 3.63) is 71.9 Å². The molecule has 0 aromatic heterocycles. The molecule has 13 heteroatoms. The normalized spacial score (nSPS) is 12.6. The molecule has 2 aromatic carbocycles. The van der Waals surface area contributed by atoms with Crippen molar-refractivity contribution in [3.63, 3.8) is 0 Å². The Morgan fingerprint density at radius 2 is 1.59 bits per heavy atom. The fourth-order valence-electron chi connectivity index (χ4n) is 4.53. The Kier molecular flexibility index (Phi) is 11.6. The van der Waals surface area contributed by atoms with Crippen molar-refractivity contribution in [2.75, 3.05) is 39.8 Å². The maximum Gasteiger partial charge on any atom is 0.413 e. The summed E-state index contributed by atoms with van der Waals surface area (Å²) in [6.07, 6.45) is 1.39. The van der Waals surface area contributed by atoms with Crippen molar-refractivity contribution in [2.45, 2.75) is 32.3 Å². The first kappa shape index (κ1) is 33.3. The molecule has 4 amide bonds. The molecular weight excluding hydrogens is 570 g/mol. The number of hydrogen-bond donors (Lipinski definition) is 3. The quantitative estimate of drug-likeness (QED) is 0.188. The van der Waals surface area contributed by atoms with E-state index in [1.165, 1.54) is 19.3 Å². The molecule has 0 heterocycles. The number of nitrogens with zero attached hydrogens (tertiary/aromatic N) is 3. The molecule has 0 unspecified atom stereocenters. The SMILES string of the molecule is CN=C(/C=C\N(C=O)CC(=O)N(CCNC(=O)OCC1c2ccccc2-c2ccccc21)CC(=O)O)NC(=O)OC(C)(C)C. The first-order valence-electron chi connectivity index (χ1n) is 13.9. The molecule has 0 saturated carbocycles. The molecule has 0 aliphatic heterocycles. The third-order valence-electron chi connectivity index (χ3n) is 6.42. The lowest BCUT2D eigenvalue weighted by atomic mass is 9.98. The van der Waals surface area contributed by atoms with Crippen LogP contribution in [0.1, 0.15) is 37.8 Å². The Labute approximate surface area is 255 Å². The van der Waals surface area contributed by atoms with E-state index >= 15 is 0 Å². The fourth-order valence-corrected chi connectivity index (χ4v) is 4.53. The fraction of sp³-hybridized carbons (Fsp3) is 0.355. The van der Waals surface area contributed by atoms with Gasteiger partial charge in [0.2, 0.25) is 12.3 Å². The van der Waals surface area contributed by atoms with Crippen LogP contribution in [0.25, 0.3) is 11.1 Å². The zero-order valence-electron chi connectivity index (χ0n) is 25.1. The summed E-state index contributed by atoms with van der Waals surface area (Å²) in [5, 5.41) is 14.3. The molecule has 0 radical (unpaired) electrons. The van der Waals surface area contributed by atoms with Gasteiger partial charge in [-0.05, 0) is 49.1 Å². The van der Waals surface area contributed by atoms with Gasteiger partial charge in [0.25, 0.3) is 0 Å². The monoisotopic (exact) mass is 607 g/mol. The number of amidine groups is 1. The van der Waals surface area contributed by atoms with Crippen LogP contribution in [-0.4, -0.2) is 96.6 Å². The number of amides is 4. The molecule has 234 valence electrons. The molecule has 0 saturated heterocycles. The Hall–Kier alpha value is -5.20. The van der Waals surface area contributed by atoms with E-state index in [1.54, 1.807) is 20.8 Å². The average molecular weight is 608 g/mol. The number of nitrogens with one attached hydrogen (secondary N) is 2. The van der Waals surface area contributed by atoms with Gasteiger partial charge < -0.3 is 29.7 Å². The van der Waals surface area contributed by atoms with Crippen molar-refractivity contribution in [1.82, 2.24) is 20.4 Å². The highest BCUT2D eigenvalue weighted by Crippen LogP contribution is 2.44. The van der Waals surface area contributed by atoms with Crippen molar-refractivity contribution in [3.8, 4) is 11.1 Å². The number of carbonyl (C=O) groups excluding carboxylic acids is 4. The van der Waals surface area contributed by atoms with Gasteiger partial charge in [0.15, 0.2) is 0 Å². The first-order valence-corrected chi connectivity index (χ1v) is 13.9. The van der Waals surface area contributed by atoms with E-state index < -0.39 is 42.8 Å². The van der Waals surface area contributed by atoms with Crippen LogP contribution in [0.3, 0.4) is 0 Å². The molecule has 1 aliphatic rings. The number of aliphatic carboxylic acids is 1. The van der Waals surface area contributed by atoms with Gasteiger partial charge in [-0.3, -0.25) is 24.7 Å². The van der Waals surface area contributed by atoms with Crippen LogP contribution >= 0.6 is 0 Å². The molecule has 2 aromatic rings. The number of rotatable bonds is 12. The third-order valence-corrected chi connectivity index (χ3v) is 6.42. The summed E-state index contributed by atoms with van der Waals surface area (Å²) < 4.78 is 10.6. The largest absolute Gasteiger partial charge is 0.480 e. The minimum absolute atomic E-state index is 0.0632. The minimum Gasteiger partial charge on any atom is -0.480 e. The lowest BCUT2D eigenvalue weighted by Gasteiger charge is -2.23. The van der Waals surface area contributed by atoms with E-state index in [-0.39, 0.29) is 31.4 Å². The highest BCUT2D eigenvalue weighted by molar-refractivity contribution is 6.02. The summed E-state index contributed by atoms with van der Waals surface area (Å²) in [6, 6.07) is 15.9. The van der Waals surface area contributed by atoms with Gasteiger partial charge in [0.05, 0.1) is 0 Å². The standard InChI is InChI=1S/C31H37N5O8/c1-31(2,3)44-30(42)34-26(32-4)13-15-35(20-37)17-27(38)36(18-28(39)40)16-14-33-29(41)43-19-25-23-11-7-5-9-21(23)22-10-6-8-12-24(22)25/h5-13,15,20,25H,14,16-19H2,1-4H3,(H,33,41)(H,39,40)(H,32,34,42)/b15-13-. The molecule has 0 bridgehead atoms. The summed E-state index contributed by atoms with van der Waals surface area (Å²) in [5.41, 5.74) is 3.58.